The van der Waals surface area contributed by atoms with Crippen molar-refractivity contribution < 1.29 is 73.8 Å². The minimum atomic E-state index is -1.76. The summed E-state index contributed by atoms with van der Waals surface area (Å²) in [5.41, 5.74) is 0. The zero-order valence-electron chi connectivity index (χ0n) is 48.7. The van der Waals surface area contributed by atoms with Crippen LogP contribution in [0.15, 0.2) is 12.2 Å². The quantitative estimate of drug-likeness (QED) is 0.0171. The first-order valence-electron chi connectivity index (χ1n) is 31.8. The molecular weight excluding hydrogens is 985 g/mol. The average Bonchev–Trinajstić information content (AvgIpc) is 3.43. The number of carbonyl (C=O) groups is 2. The molecule has 2 fully saturated rings. The van der Waals surface area contributed by atoms with Gasteiger partial charge in [0.2, 0.25) is 0 Å². The van der Waals surface area contributed by atoms with Crippen LogP contribution < -0.4 is 0 Å². The topological polar surface area (TPSA) is 231 Å². The fourth-order valence-electron chi connectivity index (χ4n) is 10.3. The van der Waals surface area contributed by atoms with Crippen molar-refractivity contribution in [2.45, 2.75) is 345 Å². The van der Waals surface area contributed by atoms with Crippen molar-refractivity contribution >= 4 is 11.9 Å². The van der Waals surface area contributed by atoms with Crippen LogP contribution in [-0.2, 0) is 38.0 Å². The molecule has 11 atom stereocenters. The molecule has 0 aromatic heterocycles. The molecule has 454 valence electrons. The number of aliphatic hydroxyl groups is 7. The number of carbonyl (C=O) groups excluding carboxylic acids is 2. The summed E-state index contributed by atoms with van der Waals surface area (Å²) in [6.07, 6.45) is 36.6. The van der Waals surface area contributed by atoms with Crippen molar-refractivity contribution in [1.82, 2.24) is 0 Å². The fraction of sp³-hybridized carbons (Fsp3) is 0.935. The van der Waals surface area contributed by atoms with E-state index in [4.69, 9.17) is 28.4 Å². The van der Waals surface area contributed by atoms with Crippen LogP contribution in [0.4, 0.5) is 0 Å². The molecule has 2 rings (SSSR count). The van der Waals surface area contributed by atoms with Crippen LogP contribution in [0.5, 0.6) is 0 Å². The number of rotatable bonds is 52. The highest BCUT2D eigenvalue weighted by Crippen LogP contribution is 2.27. The van der Waals surface area contributed by atoms with E-state index in [1.54, 1.807) is 0 Å². The summed E-state index contributed by atoms with van der Waals surface area (Å²) >= 11 is 0. The fourth-order valence-corrected chi connectivity index (χ4v) is 10.3. The minimum absolute atomic E-state index is 0.168. The average molecular weight is 1100 g/mol. The van der Waals surface area contributed by atoms with Gasteiger partial charge in [-0.15, -0.1) is 0 Å². The van der Waals surface area contributed by atoms with Crippen LogP contribution in [-0.4, -0.2) is 142 Å². The predicted molar refractivity (Wildman–Crippen MR) is 303 cm³/mol. The van der Waals surface area contributed by atoms with Gasteiger partial charge in [0.25, 0.3) is 0 Å². The van der Waals surface area contributed by atoms with E-state index in [0.717, 1.165) is 44.9 Å². The standard InChI is InChI=1S/C62H116O15/c1-3-5-7-9-11-13-15-17-19-21-23-24-25-27-28-30-32-34-36-38-40-42-44-53(64)72-47-50(75-54(65)45-43-41-39-37-35-33-31-29-26-22-20-18-16-14-12-10-8-6-4-2)48-73-61-60(71)58(69)56(67)52(77-61)49-74-62-59(70)57(68)55(66)51(46-63)76-62/h18,20,50-52,55-63,66-71H,3-17,19,21-49H2,1-2H3/b20-18-. The number of hydrogen-bond acceptors (Lipinski definition) is 15. The summed E-state index contributed by atoms with van der Waals surface area (Å²) in [6.45, 7) is 2.66. The summed E-state index contributed by atoms with van der Waals surface area (Å²) in [4.78, 5) is 26.0. The maximum absolute atomic E-state index is 13.1. The van der Waals surface area contributed by atoms with E-state index in [2.05, 4.69) is 26.0 Å². The molecule has 15 heteroatoms. The van der Waals surface area contributed by atoms with Crippen LogP contribution in [0.3, 0.4) is 0 Å². The number of hydrogen-bond donors (Lipinski definition) is 7. The predicted octanol–water partition coefficient (Wildman–Crippen LogP) is 11.7. The number of unbranched alkanes of at least 4 members (excludes halogenated alkanes) is 36. The van der Waals surface area contributed by atoms with Gasteiger partial charge in [-0.05, 0) is 38.5 Å². The van der Waals surface area contributed by atoms with Crippen LogP contribution in [0, 0.1) is 0 Å². The molecule has 2 aliphatic rings. The van der Waals surface area contributed by atoms with Gasteiger partial charge in [-0.25, -0.2) is 0 Å². The largest absolute Gasteiger partial charge is 0.462 e. The third kappa shape index (κ3) is 35.7. The highest BCUT2D eigenvalue weighted by atomic mass is 16.7. The SMILES string of the molecule is CCCCCCCC/C=C\CCCCCCCCCCCC(=O)OC(COC(=O)CCCCCCCCCCCCCCCCCCCCCCCC)COC1OC(COC2OC(CO)C(O)C(O)C2O)C(O)C(O)C1O. The molecule has 15 nitrogen and oxygen atoms in total. The first-order chi connectivity index (χ1) is 37.5. The normalized spacial score (nSPS) is 24.2. The molecule has 0 bridgehead atoms. The van der Waals surface area contributed by atoms with Gasteiger partial charge >= 0.3 is 11.9 Å². The van der Waals surface area contributed by atoms with E-state index >= 15 is 0 Å². The van der Waals surface area contributed by atoms with Gasteiger partial charge in [0.15, 0.2) is 18.7 Å². The van der Waals surface area contributed by atoms with Gasteiger partial charge in [0.1, 0.15) is 55.4 Å². The minimum Gasteiger partial charge on any atom is -0.462 e. The van der Waals surface area contributed by atoms with Crippen molar-refractivity contribution in [3.8, 4) is 0 Å². The number of aliphatic hydroxyl groups excluding tert-OH is 7. The van der Waals surface area contributed by atoms with E-state index in [0.29, 0.717) is 12.8 Å². The molecule has 0 saturated carbocycles. The molecule has 0 aromatic rings. The Balaban J connectivity index is 1.70. The van der Waals surface area contributed by atoms with Gasteiger partial charge in [-0.2, -0.15) is 0 Å². The lowest BCUT2D eigenvalue weighted by Gasteiger charge is -2.42. The summed E-state index contributed by atoms with van der Waals surface area (Å²) in [6, 6.07) is 0. The summed E-state index contributed by atoms with van der Waals surface area (Å²) in [5.74, 6) is -0.908. The Morgan fingerprint density at radius 2 is 0.740 bits per heavy atom. The number of ether oxygens (including phenoxy) is 6. The van der Waals surface area contributed by atoms with Gasteiger partial charge < -0.3 is 64.2 Å². The highest BCUT2D eigenvalue weighted by Gasteiger charge is 2.47. The molecular formula is C62H116O15. The lowest BCUT2D eigenvalue weighted by molar-refractivity contribution is -0.332. The van der Waals surface area contributed by atoms with Gasteiger partial charge in [-0.3, -0.25) is 9.59 Å². The Bertz CT molecular complexity index is 1390. The molecule has 77 heavy (non-hydrogen) atoms. The zero-order valence-corrected chi connectivity index (χ0v) is 48.7. The van der Waals surface area contributed by atoms with Crippen molar-refractivity contribution in [3.63, 3.8) is 0 Å². The maximum atomic E-state index is 13.1. The monoisotopic (exact) mass is 1100 g/mol. The molecule has 2 aliphatic heterocycles. The van der Waals surface area contributed by atoms with Gasteiger partial charge in [0.05, 0.1) is 19.8 Å². The van der Waals surface area contributed by atoms with Crippen LogP contribution in [0.25, 0.3) is 0 Å². The molecule has 2 saturated heterocycles. The molecule has 7 N–H and O–H groups in total. The Morgan fingerprint density at radius 3 is 1.14 bits per heavy atom. The Morgan fingerprint density at radius 1 is 0.403 bits per heavy atom. The lowest BCUT2D eigenvalue weighted by Crippen LogP contribution is -2.61. The summed E-state index contributed by atoms with van der Waals surface area (Å²) in [7, 11) is 0. The van der Waals surface area contributed by atoms with Crippen molar-refractivity contribution in [3.05, 3.63) is 12.2 Å². The molecule has 0 amide bonds. The third-order valence-electron chi connectivity index (χ3n) is 15.5. The van der Waals surface area contributed by atoms with Gasteiger partial charge in [0, 0.05) is 12.8 Å². The molecule has 0 spiro atoms. The Hall–Kier alpha value is -1.76. The highest BCUT2D eigenvalue weighted by molar-refractivity contribution is 5.70. The molecule has 0 aliphatic carbocycles. The first kappa shape index (κ1) is 71.3. The molecule has 2 heterocycles. The Kier molecular flexibility index (Phi) is 45.3. The second-order valence-electron chi connectivity index (χ2n) is 22.6. The lowest BCUT2D eigenvalue weighted by atomic mass is 9.98. The smallest absolute Gasteiger partial charge is 0.306 e. The van der Waals surface area contributed by atoms with E-state index in [1.807, 2.05) is 0 Å². The van der Waals surface area contributed by atoms with Crippen LogP contribution in [0.2, 0.25) is 0 Å². The van der Waals surface area contributed by atoms with Crippen molar-refractivity contribution in [2.75, 3.05) is 26.4 Å². The molecule has 11 unspecified atom stereocenters. The second-order valence-corrected chi connectivity index (χ2v) is 22.6. The van der Waals surface area contributed by atoms with Crippen molar-refractivity contribution in [2.24, 2.45) is 0 Å². The van der Waals surface area contributed by atoms with E-state index in [9.17, 15) is 45.3 Å². The van der Waals surface area contributed by atoms with Crippen LogP contribution in [0.1, 0.15) is 277 Å². The second kappa shape index (κ2) is 48.9. The summed E-state index contributed by atoms with van der Waals surface area (Å²) < 4.78 is 33.8. The van der Waals surface area contributed by atoms with E-state index in [1.165, 1.54) is 193 Å². The number of allylic oxidation sites excluding steroid dienone is 2. The summed E-state index contributed by atoms with van der Waals surface area (Å²) in [5, 5.41) is 72.4. The molecule has 0 aromatic carbocycles. The molecule has 0 radical (unpaired) electrons. The maximum Gasteiger partial charge on any atom is 0.306 e. The van der Waals surface area contributed by atoms with Crippen molar-refractivity contribution in [1.29, 1.82) is 0 Å². The first-order valence-corrected chi connectivity index (χ1v) is 31.8. The third-order valence-corrected chi connectivity index (χ3v) is 15.5. The zero-order chi connectivity index (χ0) is 56.0. The van der Waals surface area contributed by atoms with E-state index < -0.39 is 92.7 Å². The van der Waals surface area contributed by atoms with Gasteiger partial charge in [-0.1, -0.05) is 238 Å². The van der Waals surface area contributed by atoms with E-state index in [-0.39, 0.29) is 26.1 Å². The number of esters is 2. The van der Waals surface area contributed by atoms with Crippen LogP contribution >= 0.6 is 0 Å². The Labute approximate surface area is 467 Å².